The molecule has 1 saturated heterocycles. The molecule has 26 heavy (non-hydrogen) atoms. The lowest BCUT2D eigenvalue weighted by Gasteiger charge is -2.44. The van der Waals surface area contributed by atoms with Crippen molar-refractivity contribution in [2.75, 3.05) is 6.54 Å². The first-order valence-corrected chi connectivity index (χ1v) is 9.77. The van der Waals surface area contributed by atoms with Crippen molar-refractivity contribution in [2.24, 2.45) is 11.8 Å². The van der Waals surface area contributed by atoms with Crippen LogP contribution in [0.3, 0.4) is 0 Å². The topological polar surface area (TPSA) is 29.5 Å². The summed E-state index contributed by atoms with van der Waals surface area (Å²) in [6.45, 7) is 3.79. The molecule has 1 saturated carbocycles. The number of carbonyl (C=O) groups is 1. The van der Waals surface area contributed by atoms with Gasteiger partial charge in [-0.1, -0.05) is 43.3 Å². The molecule has 3 aliphatic rings. The number of ether oxygens (including phenoxy) is 1. The molecule has 134 valence electrons. The molecule has 3 nitrogen and oxygen atoms in total. The van der Waals surface area contributed by atoms with Crippen molar-refractivity contribution in [3.8, 4) is 5.75 Å². The molecule has 1 spiro atoms. The van der Waals surface area contributed by atoms with Crippen LogP contribution >= 0.6 is 0 Å². The number of amides is 1. The van der Waals surface area contributed by atoms with Gasteiger partial charge in [-0.2, -0.15) is 0 Å². The molecule has 2 heterocycles. The van der Waals surface area contributed by atoms with Crippen LogP contribution in [0.4, 0.5) is 0 Å². The first-order valence-electron chi connectivity index (χ1n) is 9.77. The van der Waals surface area contributed by atoms with E-state index in [0.29, 0.717) is 24.3 Å². The largest absolute Gasteiger partial charge is 0.489 e. The maximum absolute atomic E-state index is 12.6. The summed E-state index contributed by atoms with van der Waals surface area (Å²) in [7, 11) is 0. The molecule has 2 aromatic carbocycles. The van der Waals surface area contributed by atoms with Gasteiger partial charge in [0.25, 0.3) is 0 Å². The molecule has 0 radical (unpaired) electrons. The molecule has 3 atom stereocenters. The van der Waals surface area contributed by atoms with Crippen molar-refractivity contribution in [3.63, 3.8) is 0 Å². The predicted molar refractivity (Wildman–Crippen MR) is 101 cm³/mol. The summed E-state index contributed by atoms with van der Waals surface area (Å²) in [6, 6.07) is 16.8. The zero-order valence-corrected chi connectivity index (χ0v) is 15.3. The molecular formula is C23H25NO2. The second-order valence-electron chi connectivity index (χ2n) is 8.26. The van der Waals surface area contributed by atoms with Crippen LogP contribution in [-0.4, -0.2) is 17.4 Å². The standard InChI is InChI=1S/C23H25NO2/c1-16-11-19-12-22(25)24-10-9-18-7-8-20(13-21(18)23(19,24)14-16)26-15-17-5-3-2-4-6-17/h2-8,13,16,19H,9-12,14-15H2,1H3. The van der Waals surface area contributed by atoms with E-state index in [0.717, 1.165) is 38.0 Å². The van der Waals surface area contributed by atoms with Crippen molar-refractivity contribution in [3.05, 3.63) is 65.2 Å². The fourth-order valence-corrected chi connectivity index (χ4v) is 5.63. The SMILES string of the molecule is CC1CC2CC(=O)N3CCc4ccc(OCc5ccccc5)cc4C23C1. The summed E-state index contributed by atoms with van der Waals surface area (Å²) in [5.74, 6) is 2.41. The Hall–Kier alpha value is -2.29. The van der Waals surface area contributed by atoms with Crippen molar-refractivity contribution in [2.45, 2.75) is 44.8 Å². The summed E-state index contributed by atoms with van der Waals surface area (Å²) >= 11 is 0. The number of nitrogens with zero attached hydrogens (tertiary/aromatic N) is 1. The Morgan fingerprint density at radius 1 is 1.19 bits per heavy atom. The van der Waals surface area contributed by atoms with E-state index in [4.69, 9.17) is 4.74 Å². The average Bonchev–Trinajstić information content (AvgIpc) is 3.10. The quantitative estimate of drug-likeness (QED) is 0.829. The van der Waals surface area contributed by atoms with E-state index in [2.05, 4.69) is 42.2 Å². The van der Waals surface area contributed by atoms with Gasteiger partial charge in [0.15, 0.2) is 0 Å². The third-order valence-electron chi connectivity index (χ3n) is 6.63. The van der Waals surface area contributed by atoms with Gasteiger partial charge in [-0.05, 0) is 59.9 Å². The molecule has 0 N–H and O–H groups in total. The number of hydrogen-bond acceptors (Lipinski definition) is 2. The molecule has 2 fully saturated rings. The third kappa shape index (κ3) is 2.29. The molecular weight excluding hydrogens is 322 g/mol. The number of rotatable bonds is 3. The lowest BCUT2D eigenvalue weighted by Crippen LogP contribution is -2.49. The van der Waals surface area contributed by atoms with Crippen molar-refractivity contribution < 1.29 is 9.53 Å². The number of carbonyl (C=O) groups excluding carboxylic acids is 1. The van der Waals surface area contributed by atoms with E-state index in [-0.39, 0.29) is 5.54 Å². The second-order valence-corrected chi connectivity index (χ2v) is 8.26. The number of hydrogen-bond donors (Lipinski definition) is 0. The minimum Gasteiger partial charge on any atom is -0.489 e. The Labute approximate surface area is 155 Å². The predicted octanol–water partition coefficient (Wildman–Crippen LogP) is 4.30. The average molecular weight is 347 g/mol. The van der Waals surface area contributed by atoms with Gasteiger partial charge in [-0.3, -0.25) is 4.79 Å². The van der Waals surface area contributed by atoms with Gasteiger partial charge < -0.3 is 9.64 Å². The Bertz CT molecular complexity index is 847. The maximum atomic E-state index is 12.6. The van der Waals surface area contributed by atoms with E-state index in [1.165, 1.54) is 16.7 Å². The van der Waals surface area contributed by atoms with Crippen molar-refractivity contribution >= 4 is 5.91 Å². The van der Waals surface area contributed by atoms with Gasteiger partial charge in [0.2, 0.25) is 5.91 Å². The summed E-state index contributed by atoms with van der Waals surface area (Å²) in [6.07, 6.45) is 3.94. The highest BCUT2D eigenvalue weighted by atomic mass is 16.5. The maximum Gasteiger partial charge on any atom is 0.223 e. The highest BCUT2D eigenvalue weighted by molar-refractivity contribution is 5.82. The summed E-state index contributed by atoms with van der Waals surface area (Å²) in [5.41, 5.74) is 3.86. The van der Waals surface area contributed by atoms with Crippen LogP contribution in [0.2, 0.25) is 0 Å². The molecule has 0 bridgehead atoms. The smallest absolute Gasteiger partial charge is 0.223 e. The van der Waals surface area contributed by atoms with Crippen molar-refractivity contribution in [1.82, 2.24) is 4.90 Å². The molecule has 2 aromatic rings. The first kappa shape index (κ1) is 15.9. The van der Waals surface area contributed by atoms with Gasteiger partial charge in [0.05, 0.1) is 5.54 Å². The fraction of sp³-hybridized carbons (Fsp3) is 0.435. The number of fused-ring (bicyclic) bond motifs is 1. The normalized spacial score (nSPS) is 29.3. The van der Waals surface area contributed by atoms with E-state index >= 15 is 0 Å². The highest BCUT2D eigenvalue weighted by Crippen LogP contribution is 2.58. The zero-order chi connectivity index (χ0) is 17.7. The van der Waals surface area contributed by atoms with Crippen molar-refractivity contribution in [1.29, 1.82) is 0 Å². The molecule has 3 heteroatoms. The van der Waals surface area contributed by atoms with Gasteiger partial charge in [-0.25, -0.2) is 0 Å². The second kappa shape index (κ2) is 5.87. The minimum absolute atomic E-state index is 0.0732. The Morgan fingerprint density at radius 2 is 2.04 bits per heavy atom. The minimum atomic E-state index is -0.0732. The van der Waals surface area contributed by atoms with E-state index in [1.807, 2.05) is 18.2 Å². The van der Waals surface area contributed by atoms with E-state index in [1.54, 1.807) is 0 Å². The van der Waals surface area contributed by atoms with Crippen LogP contribution in [0.5, 0.6) is 5.75 Å². The molecule has 5 rings (SSSR count). The molecule has 1 aliphatic carbocycles. The van der Waals surface area contributed by atoms with Gasteiger partial charge in [0, 0.05) is 13.0 Å². The Balaban J connectivity index is 1.50. The van der Waals surface area contributed by atoms with Crippen LogP contribution in [0, 0.1) is 11.8 Å². The molecule has 3 unspecified atom stereocenters. The van der Waals surface area contributed by atoms with E-state index in [9.17, 15) is 4.79 Å². The zero-order valence-electron chi connectivity index (χ0n) is 15.3. The first-order chi connectivity index (χ1) is 12.7. The highest BCUT2D eigenvalue weighted by Gasteiger charge is 2.59. The Kier molecular flexibility index (Phi) is 3.59. The molecule has 1 amide bonds. The summed E-state index contributed by atoms with van der Waals surface area (Å²) in [4.78, 5) is 14.8. The van der Waals surface area contributed by atoms with Gasteiger partial charge in [0.1, 0.15) is 12.4 Å². The van der Waals surface area contributed by atoms with Crippen LogP contribution in [0.25, 0.3) is 0 Å². The molecule has 0 aromatic heterocycles. The lowest BCUT2D eigenvalue weighted by atomic mass is 9.76. The summed E-state index contributed by atoms with van der Waals surface area (Å²) < 4.78 is 6.10. The lowest BCUT2D eigenvalue weighted by molar-refractivity contribution is -0.132. The monoisotopic (exact) mass is 347 g/mol. The van der Waals surface area contributed by atoms with Crippen LogP contribution in [-0.2, 0) is 23.4 Å². The molecule has 2 aliphatic heterocycles. The Morgan fingerprint density at radius 3 is 2.88 bits per heavy atom. The van der Waals surface area contributed by atoms with Crippen LogP contribution in [0.1, 0.15) is 42.9 Å². The third-order valence-corrected chi connectivity index (χ3v) is 6.63. The van der Waals surface area contributed by atoms with Crippen LogP contribution in [0.15, 0.2) is 48.5 Å². The van der Waals surface area contributed by atoms with Gasteiger partial charge >= 0.3 is 0 Å². The van der Waals surface area contributed by atoms with Gasteiger partial charge in [-0.15, -0.1) is 0 Å². The fourth-order valence-electron chi connectivity index (χ4n) is 5.63. The summed E-state index contributed by atoms with van der Waals surface area (Å²) in [5, 5.41) is 0. The van der Waals surface area contributed by atoms with Crippen LogP contribution < -0.4 is 4.74 Å². The van der Waals surface area contributed by atoms with E-state index < -0.39 is 0 Å². The number of benzene rings is 2.